The van der Waals surface area contributed by atoms with Crippen LogP contribution in [0.25, 0.3) is 0 Å². The molecule has 36 heavy (non-hydrogen) atoms. The quantitative estimate of drug-likeness (QED) is 0.0956. The van der Waals surface area contributed by atoms with Gasteiger partial charge in [-0.3, -0.25) is 10.0 Å². The summed E-state index contributed by atoms with van der Waals surface area (Å²) < 4.78 is 26.3. The number of carbonyl (C=O) groups excluding carboxylic acids is 2. The lowest BCUT2D eigenvalue weighted by Crippen LogP contribution is -2.35. The van der Waals surface area contributed by atoms with Crippen molar-refractivity contribution in [2.45, 2.75) is 17.7 Å². The Morgan fingerprint density at radius 2 is 1.86 bits per heavy atom. The van der Waals surface area contributed by atoms with Crippen LogP contribution in [0.15, 0.2) is 47.4 Å². The summed E-state index contributed by atoms with van der Waals surface area (Å²) in [5.74, 6) is -0.487. The first-order chi connectivity index (χ1) is 17.3. The highest BCUT2D eigenvalue weighted by molar-refractivity contribution is 7.97. The van der Waals surface area contributed by atoms with Gasteiger partial charge in [-0.1, -0.05) is 11.6 Å². The summed E-state index contributed by atoms with van der Waals surface area (Å²) in [7, 11) is 5.46. The molecule has 0 aliphatic rings. The number of aldehydes is 1. The number of hydrogen-bond acceptors (Lipinski definition) is 8. The highest BCUT2D eigenvalue weighted by Crippen LogP contribution is 2.30. The van der Waals surface area contributed by atoms with E-state index in [0.29, 0.717) is 41.8 Å². The molecule has 0 aromatic heterocycles. The van der Waals surface area contributed by atoms with Crippen molar-refractivity contribution in [3.05, 3.63) is 53.3 Å². The topological polar surface area (TPSA) is 91.3 Å². The molecule has 0 unspecified atom stereocenters. The van der Waals surface area contributed by atoms with Crippen molar-refractivity contribution >= 4 is 35.7 Å². The Morgan fingerprint density at radius 3 is 2.39 bits per heavy atom. The van der Waals surface area contributed by atoms with Gasteiger partial charge in [0.15, 0.2) is 11.6 Å². The van der Waals surface area contributed by atoms with E-state index >= 15 is 0 Å². The number of hydroxylamine groups is 1. The molecule has 2 aromatic rings. The molecule has 2 rings (SSSR count). The van der Waals surface area contributed by atoms with E-state index in [1.54, 1.807) is 47.2 Å². The maximum absolute atomic E-state index is 14.4. The number of amides is 1. The lowest BCUT2D eigenvalue weighted by molar-refractivity contribution is -0.129. The van der Waals surface area contributed by atoms with E-state index in [1.807, 2.05) is 19.0 Å². The average Bonchev–Trinajstić information content (AvgIpc) is 2.87. The third-order valence-electron chi connectivity index (χ3n) is 4.09. The second-order valence-electron chi connectivity index (χ2n) is 7.24. The molecule has 2 aromatic carbocycles. The van der Waals surface area contributed by atoms with Crippen molar-refractivity contribution in [3.8, 4) is 24.3 Å². The van der Waals surface area contributed by atoms with Crippen molar-refractivity contribution in [3.63, 3.8) is 0 Å². The van der Waals surface area contributed by atoms with E-state index in [2.05, 4.69) is 17.6 Å². The van der Waals surface area contributed by atoms with Gasteiger partial charge in [-0.2, -0.15) is 0 Å². The van der Waals surface area contributed by atoms with Crippen molar-refractivity contribution in [2.24, 2.45) is 0 Å². The highest BCUT2D eigenvalue weighted by atomic mass is 35.5. The molecule has 8 nitrogen and oxygen atoms in total. The van der Waals surface area contributed by atoms with Crippen LogP contribution in [-0.2, 0) is 14.3 Å². The van der Waals surface area contributed by atoms with Crippen LogP contribution in [0.4, 0.5) is 4.39 Å². The zero-order valence-electron chi connectivity index (χ0n) is 20.7. The summed E-state index contributed by atoms with van der Waals surface area (Å²) >= 11 is 7.05. The number of carbonyl (C=O) groups is 2. The Balaban J connectivity index is 0.00000117. The van der Waals surface area contributed by atoms with Gasteiger partial charge in [-0.15, -0.1) is 12.8 Å². The molecule has 11 heteroatoms. The van der Waals surface area contributed by atoms with E-state index in [1.165, 1.54) is 24.1 Å². The van der Waals surface area contributed by atoms with Crippen LogP contribution in [0.1, 0.15) is 12.8 Å². The Bertz CT molecular complexity index is 916. The van der Waals surface area contributed by atoms with Crippen molar-refractivity contribution < 1.29 is 28.7 Å². The zero-order valence-corrected chi connectivity index (χ0v) is 22.2. The first kappa shape index (κ1) is 33.4. The number of nitrogens with one attached hydrogen (secondary N) is 1. The zero-order chi connectivity index (χ0) is 27.3. The Kier molecular flexibility index (Phi) is 19.0. The van der Waals surface area contributed by atoms with Gasteiger partial charge in [0.2, 0.25) is 0 Å². The Hall–Kier alpha value is -2.65. The lowest BCUT2D eigenvalue weighted by Gasteiger charge is -2.22. The van der Waals surface area contributed by atoms with Crippen LogP contribution in [0.5, 0.6) is 11.5 Å². The van der Waals surface area contributed by atoms with Crippen molar-refractivity contribution in [2.75, 3.05) is 47.4 Å². The van der Waals surface area contributed by atoms with Gasteiger partial charge in [0, 0.05) is 43.1 Å². The maximum Gasteiger partial charge on any atom is 0.258 e. The molecule has 0 aliphatic heterocycles. The predicted molar refractivity (Wildman–Crippen MR) is 141 cm³/mol. The summed E-state index contributed by atoms with van der Waals surface area (Å²) in [5.41, 5.74) is 1.61. The fourth-order valence-electron chi connectivity index (χ4n) is 2.37. The molecule has 0 heterocycles. The number of ether oxygens (including phenoxy) is 2. The number of hydrogen-bond donors (Lipinski definition) is 2. The average molecular weight is 542 g/mol. The number of rotatable bonds is 13. The minimum atomic E-state index is -0.538. The molecule has 0 aliphatic carbocycles. The minimum Gasteiger partial charge on any atom is -0.454 e. The summed E-state index contributed by atoms with van der Waals surface area (Å²) in [6.45, 7) is 1.92. The third kappa shape index (κ3) is 15.4. The van der Waals surface area contributed by atoms with Crippen LogP contribution in [0.3, 0.4) is 0 Å². The van der Waals surface area contributed by atoms with E-state index < -0.39 is 11.7 Å². The lowest BCUT2D eigenvalue weighted by atomic mass is 10.3. The van der Waals surface area contributed by atoms with Crippen LogP contribution >= 0.6 is 23.5 Å². The van der Waals surface area contributed by atoms with Gasteiger partial charge in [-0.05, 0) is 74.9 Å². The van der Waals surface area contributed by atoms with Crippen LogP contribution in [-0.4, -0.2) is 74.1 Å². The van der Waals surface area contributed by atoms with Crippen molar-refractivity contribution in [1.29, 1.82) is 0 Å². The fourth-order valence-corrected chi connectivity index (χ4v) is 3.44. The van der Waals surface area contributed by atoms with E-state index in [4.69, 9.17) is 21.5 Å². The van der Waals surface area contributed by atoms with E-state index in [9.17, 15) is 14.0 Å². The molecular weight excluding hydrogens is 509 g/mol. The SMILES string of the molecule is C#C.CN(C)CCN(CC(=O)NO)Sc1ccc(Oc2ccc(Cl)cc2)c(F)c1.COCCCC=O. The van der Waals surface area contributed by atoms with Crippen LogP contribution in [0, 0.1) is 18.7 Å². The number of terminal acetylenes is 1. The van der Waals surface area contributed by atoms with Crippen LogP contribution in [0.2, 0.25) is 5.02 Å². The van der Waals surface area contributed by atoms with E-state index in [0.717, 1.165) is 12.7 Å². The summed E-state index contributed by atoms with van der Waals surface area (Å²) in [6.07, 6.45) is 10.4. The second-order valence-corrected chi connectivity index (χ2v) is 8.85. The number of halogens is 2. The first-order valence-corrected chi connectivity index (χ1v) is 11.9. The molecule has 1 amide bonds. The molecule has 0 atom stereocenters. The van der Waals surface area contributed by atoms with Gasteiger partial charge in [-0.25, -0.2) is 14.2 Å². The molecular formula is C25H33ClFN3O5S. The summed E-state index contributed by atoms with van der Waals surface area (Å²) in [5, 5.41) is 9.30. The largest absolute Gasteiger partial charge is 0.454 e. The van der Waals surface area contributed by atoms with Gasteiger partial charge < -0.3 is 19.2 Å². The Labute approximate surface area is 221 Å². The summed E-state index contributed by atoms with van der Waals surface area (Å²) in [4.78, 5) is 23.7. The number of nitrogens with zero attached hydrogens (tertiary/aromatic N) is 2. The van der Waals surface area contributed by atoms with Crippen molar-refractivity contribution in [1.82, 2.24) is 14.7 Å². The minimum absolute atomic E-state index is 0.0281. The highest BCUT2D eigenvalue weighted by Gasteiger charge is 2.14. The molecule has 2 N–H and O–H groups in total. The molecule has 0 saturated heterocycles. The number of unbranched alkanes of at least 4 members (excludes halogenated alkanes) is 1. The molecule has 0 fully saturated rings. The molecule has 0 bridgehead atoms. The first-order valence-electron chi connectivity index (χ1n) is 10.8. The van der Waals surface area contributed by atoms with Gasteiger partial charge >= 0.3 is 0 Å². The molecule has 198 valence electrons. The standard InChI is InChI=1S/C18H21ClFN3O3S.C5H10O2.C2H2/c1-22(2)9-10-23(12-18(24)21-25)27-15-7-8-17(16(20)11-15)26-14-5-3-13(19)4-6-14;1-7-5-3-2-4-6;1-2/h3-8,11,25H,9-10,12H2,1-2H3,(H,21,24);4H,2-3,5H2,1H3;1-2H. The van der Waals surface area contributed by atoms with E-state index in [-0.39, 0.29) is 12.3 Å². The second kappa shape index (κ2) is 20.5. The van der Waals surface area contributed by atoms with Crippen LogP contribution < -0.4 is 10.2 Å². The number of likely N-dealkylation sites (N-methyl/N-ethyl adjacent to an activating group) is 1. The summed E-state index contributed by atoms with van der Waals surface area (Å²) in [6, 6.07) is 11.2. The Morgan fingerprint density at radius 1 is 1.19 bits per heavy atom. The molecule has 0 saturated carbocycles. The predicted octanol–water partition coefficient (Wildman–Crippen LogP) is 4.51. The van der Waals surface area contributed by atoms with Gasteiger partial charge in [0.25, 0.3) is 5.91 Å². The normalized spacial score (nSPS) is 10.1. The number of methoxy groups -OCH3 is 1. The smallest absolute Gasteiger partial charge is 0.258 e. The van der Waals surface area contributed by atoms with Gasteiger partial charge in [0.1, 0.15) is 12.0 Å². The molecule has 0 spiro atoms. The molecule has 0 radical (unpaired) electrons. The third-order valence-corrected chi connectivity index (χ3v) is 5.38. The van der Waals surface area contributed by atoms with Gasteiger partial charge in [0.05, 0.1) is 6.54 Å². The monoisotopic (exact) mass is 541 g/mol. The fraction of sp³-hybridized carbons (Fsp3) is 0.360. The maximum atomic E-state index is 14.4. The number of benzene rings is 2.